The third-order valence-electron chi connectivity index (χ3n) is 9.77. The lowest BCUT2D eigenvalue weighted by atomic mass is 9.84. The van der Waals surface area contributed by atoms with Crippen LogP contribution < -0.4 is 19.3 Å². The first kappa shape index (κ1) is 30.6. The van der Waals surface area contributed by atoms with E-state index in [0.29, 0.717) is 44.0 Å². The fourth-order valence-electron chi connectivity index (χ4n) is 7.84. The molecular weight excluding hydrogens is 655 g/mol. The molecule has 242 valence electrons. The molecule has 0 aliphatic carbocycles. The number of halogens is 2. The van der Waals surface area contributed by atoms with E-state index in [1.165, 1.54) is 9.80 Å². The van der Waals surface area contributed by atoms with Gasteiger partial charge >= 0.3 is 0 Å². The highest BCUT2D eigenvalue weighted by Gasteiger charge is 2.73. The van der Waals surface area contributed by atoms with E-state index in [4.69, 9.17) is 32.7 Å². The van der Waals surface area contributed by atoms with Crippen molar-refractivity contribution in [2.75, 3.05) is 24.0 Å². The number of imide groups is 2. The fraction of sp³-hybridized carbons (Fsp3) is 0.222. The molecule has 0 spiro atoms. The maximum Gasteiger partial charge on any atom is 0.253 e. The first-order valence-corrected chi connectivity index (χ1v) is 16.1. The normalized spacial score (nSPS) is 26.7. The number of ether oxygens (including phenoxy) is 2. The summed E-state index contributed by atoms with van der Waals surface area (Å²) in [4.78, 5) is 60.5. The van der Waals surface area contributed by atoms with Gasteiger partial charge in [-0.2, -0.15) is 0 Å². The summed E-state index contributed by atoms with van der Waals surface area (Å²) in [5.41, 5.74) is 2.09. The number of anilines is 2. The van der Waals surface area contributed by atoms with Crippen LogP contribution in [-0.4, -0.2) is 59.9 Å². The molecule has 4 saturated heterocycles. The third-order valence-corrected chi connectivity index (χ3v) is 10.2. The van der Waals surface area contributed by atoms with E-state index in [2.05, 4.69) is 0 Å². The van der Waals surface area contributed by atoms with Gasteiger partial charge in [0.15, 0.2) is 0 Å². The van der Waals surface area contributed by atoms with Gasteiger partial charge in [-0.1, -0.05) is 59.6 Å². The zero-order valence-electron chi connectivity index (χ0n) is 25.7. The van der Waals surface area contributed by atoms with Gasteiger partial charge in [0, 0.05) is 10.0 Å². The Morgan fingerprint density at radius 3 is 1.21 bits per heavy atom. The third kappa shape index (κ3) is 4.40. The van der Waals surface area contributed by atoms with Crippen molar-refractivity contribution in [2.24, 2.45) is 11.8 Å². The summed E-state index contributed by atoms with van der Waals surface area (Å²) in [7, 11) is 3.12. The van der Waals surface area contributed by atoms with Crippen molar-refractivity contribution in [3.05, 3.63) is 118 Å². The molecule has 10 nitrogen and oxygen atoms in total. The zero-order valence-corrected chi connectivity index (χ0v) is 27.2. The Balaban J connectivity index is 1.33. The second kappa shape index (κ2) is 11.5. The number of hydrogen-bond donors (Lipinski definition) is 0. The lowest BCUT2D eigenvalue weighted by Gasteiger charge is -2.35. The number of nitrogens with zero attached hydrogens (tertiary/aromatic N) is 4. The first-order valence-electron chi connectivity index (χ1n) is 15.3. The van der Waals surface area contributed by atoms with Crippen molar-refractivity contribution < 1.29 is 28.7 Å². The highest BCUT2D eigenvalue weighted by Crippen LogP contribution is 2.60. The maximum absolute atomic E-state index is 14.6. The van der Waals surface area contributed by atoms with Crippen molar-refractivity contribution in [1.29, 1.82) is 0 Å². The molecule has 0 saturated carbocycles. The molecule has 0 N–H and O–H groups in total. The van der Waals surface area contributed by atoms with Crippen LogP contribution in [0.15, 0.2) is 97.1 Å². The second-order valence-electron chi connectivity index (χ2n) is 12.1. The van der Waals surface area contributed by atoms with Crippen molar-refractivity contribution >= 4 is 58.2 Å². The standard InChI is InChI=1S/C36H28Cl2N4O6/c1-47-25-13-9-19(10-14-25)29-27-31(35(45)39(33(27)43)23-7-3-5-21(37)17-23)42-30(20-11-15-26(48-2)16-12-20)28-32(41(29)42)36(46)40(34(28)44)24-8-4-6-22(38)18-24/h3-18,27-32H,1-2H3. The van der Waals surface area contributed by atoms with E-state index in [1.54, 1.807) is 87.0 Å². The number of carbonyl (C=O) groups is 4. The Labute approximate surface area is 285 Å². The van der Waals surface area contributed by atoms with Crippen LogP contribution in [0.2, 0.25) is 10.0 Å². The van der Waals surface area contributed by atoms with Gasteiger partial charge in [0.05, 0.1) is 49.5 Å². The van der Waals surface area contributed by atoms with Crippen LogP contribution >= 0.6 is 23.2 Å². The summed E-state index contributed by atoms with van der Waals surface area (Å²) < 4.78 is 10.8. The van der Waals surface area contributed by atoms with Crippen LogP contribution in [0, 0.1) is 11.8 Å². The number of methoxy groups -OCH3 is 2. The number of hydrazine groups is 1. The molecule has 48 heavy (non-hydrogen) atoms. The minimum Gasteiger partial charge on any atom is -0.497 e. The molecule has 4 aromatic rings. The number of benzene rings is 4. The molecule has 4 fully saturated rings. The van der Waals surface area contributed by atoms with Gasteiger partial charge in [-0.25, -0.2) is 19.8 Å². The second-order valence-corrected chi connectivity index (χ2v) is 13.0. The predicted octanol–water partition coefficient (Wildman–Crippen LogP) is 5.46. The quantitative estimate of drug-likeness (QED) is 0.248. The smallest absolute Gasteiger partial charge is 0.253 e. The topological polar surface area (TPSA) is 99.7 Å². The van der Waals surface area contributed by atoms with Gasteiger partial charge in [0.2, 0.25) is 11.8 Å². The van der Waals surface area contributed by atoms with Gasteiger partial charge < -0.3 is 9.47 Å². The Kier molecular flexibility index (Phi) is 7.30. The Morgan fingerprint density at radius 1 is 0.500 bits per heavy atom. The SMILES string of the molecule is COc1ccc(C2C3C(=O)N(c4cccc(Cl)c4)C(=O)C3N3C(c4ccc(OC)cc4)C4C(=O)N(c5cccc(Cl)c5)C(=O)C4N23)cc1. The van der Waals surface area contributed by atoms with Crippen molar-refractivity contribution in [1.82, 2.24) is 10.0 Å². The number of fused-ring (bicyclic) bond motifs is 5. The first-order chi connectivity index (χ1) is 23.2. The highest BCUT2D eigenvalue weighted by atomic mass is 35.5. The summed E-state index contributed by atoms with van der Waals surface area (Å²) in [6, 6.07) is 24.0. The molecule has 6 atom stereocenters. The van der Waals surface area contributed by atoms with Gasteiger partial charge in [0.1, 0.15) is 23.6 Å². The lowest BCUT2D eigenvalue weighted by Crippen LogP contribution is -2.50. The molecule has 0 aromatic heterocycles. The van der Waals surface area contributed by atoms with Crippen LogP contribution in [0.4, 0.5) is 11.4 Å². The maximum atomic E-state index is 14.6. The minimum absolute atomic E-state index is 0.353. The molecule has 4 aromatic carbocycles. The lowest BCUT2D eigenvalue weighted by molar-refractivity contribution is -0.136. The van der Waals surface area contributed by atoms with E-state index in [1.807, 2.05) is 34.3 Å². The monoisotopic (exact) mass is 682 g/mol. The van der Waals surface area contributed by atoms with Gasteiger partial charge in [0.25, 0.3) is 11.8 Å². The largest absolute Gasteiger partial charge is 0.497 e. The molecule has 4 aliphatic heterocycles. The number of rotatable bonds is 6. The van der Waals surface area contributed by atoms with E-state index in [-0.39, 0.29) is 0 Å². The van der Waals surface area contributed by atoms with Gasteiger partial charge in [-0.05, 0) is 71.8 Å². The molecule has 4 heterocycles. The van der Waals surface area contributed by atoms with Crippen molar-refractivity contribution in [3.8, 4) is 11.5 Å². The molecule has 6 unspecified atom stereocenters. The van der Waals surface area contributed by atoms with Crippen LogP contribution in [-0.2, 0) is 19.2 Å². The Bertz CT molecular complexity index is 1850. The Morgan fingerprint density at radius 2 is 0.875 bits per heavy atom. The van der Waals surface area contributed by atoms with Crippen molar-refractivity contribution in [2.45, 2.75) is 24.2 Å². The number of carbonyl (C=O) groups excluding carboxylic acids is 4. The predicted molar refractivity (Wildman–Crippen MR) is 178 cm³/mol. The number of amides is 4. The summed E-state index contributed by atoms with van der Waals surface area (Å²) in [6.07, 6.45) is 0. The van der Waals surface area contributed by atoms with E-state index >= 15 is 0 Å². The zero-order chi connectivity index (χ0) is 33.4. The fourth-order valence-corrected chi connectivity index (χ4v) is 8.21. The minimum atomic E-state index is -1.01. The van der Waals surface area contributed by atoms with E-state index in [0.717, 1.165) is 0 Å². The summed E-state index contributed by atoms with van der Waals surface area (Å²) in [5, 5.41) is 4.38. The summed E-state index contributed by atoms with van der Waals surface area (Å²) >= 11 is 12.6. The van der Waals surface area contributed by atoms with Crippen LogP contribution in [0.3, 0.4) is 0 Å². The van der Waals surface area contributed by atoms with Gasteiger partial charge in [-0.3, -0.25) is 19.2 Å². The van der Waals surface area contributed by atoms with Crippen molar-refractivity contribution in [3.63, 3.8) is 0 Å². The molecule has 8 rings (SSSR count). The highest BCUT2D eigenvalue weighted by molar-refractivity contribution is 6.32. The van der Waals surface area contributed by atoms with Crippen LogP contribution in [0.5, 0.6) is 11.5 Å². The molecule has 4 aliphatic rings. The molecule has 0 bridgehead atoms. The van der Waals surface area contributed by atoms with Gasteiger partial charge in [-0.15, -0.1) is 0 Å². The Hall–Kier alpha value is -4.74. The average Bonchev–Trinajstić information content (AvgIpc) is 3.76. The van der Waals surface area contributed by atoms with Crippen LogP contribution in [0.25, 0.3) is 0 Å². The van der Waals surface area contributed by atoms with Crippen LogP contribution in [0.1, 0.15) is 23.2 Å². The van der Waals surface area contributed by atoms with E-state index < -0.39 is 59.6 Å². The number of hydrogen-bond acceptors (Lipinski definition) is 8. The molecule has 4 amide bonds. The summed E-state index contributed by atoms with van der Waals surface area (Å²) in [6.45, 7) is 0. The molecule has 12 heteroatoms. The summed E-state index contributed by atoms with van der Waals surface area (Å²) in [5.74, 6) is -2.36. The molecular formula is C36H28Cl2N4O6. The average molecular weight is 684 g/mol. The van der Waals surface area contributed by atoms with E-state index in [9.17, 15) is 19.2 Å². The molecule has 0 radical (unpaired) electrons.